The quantitative estimate of drug-likeness (QED) is 0.101. The van der Waals surface area contributed by atoms with E-state index in [9.17, 15) is 14.4 Å². The summed E-state index contributed by atoms with van der Waals surface area (Å²) in [7, 11) is 0. The first-order chi connectivity index (χ1) is 21.9. The number of nitrogens with one attached hydrogen (secondary N) is 3. The van der Waals surface area contributed by atoms with Crippen LogP contribution in [0.4, 0.5) is 11.4 Å². The van der Waals surface area contributed by atoms with Crippen LogP contribution in [0.25, 0.3) is 6.08 Å². The largest absolute Gasteiger partial charge is 0.325 e. The molecule has 0 saturated carbocycles. The molecule has 0 spiro atoms. The first kappa shape index (κ1) is 31.8. The zero-order valence-electron chi connectivity index (χ0n) is 23.7. The molecule has 0 radical (unpaired) electrons. The van der Waals surface area contributed by atoms with Crippen molar-refractivity contribution in [3.8, 4) is 0 Å². The molecule has 0 aromatic heterocycles. The summed E-state index contributed by atoms with van der Waals surface area (Å²) in [5, 5.41) is 8.50. The molecule has 0 heterocycles. The fourth-order valence-electron chi connectivity index (χ4n) is 4.28. The normalized spacial score (nSPS) is 11.7. The maximum Gasteiger partial charge on any atom is 0.272 e. The number of halogens is 2. The Morgan fingerprint density at radius 1 is 0.689 bits per heavy atom. The van der Waals surface area contributed by atoms with Crippen LogP contribution in [-0.4, -0.2) is 17.7 Å². The Kier molecular flexibility index (Phi) is 10.9. The molecule has 0 aliphatic rings. The average molecular weight is 697 g/mol. The zero-order valence-corrected chi connectivity index (χ0v) is 26.9. The van der Waals surface area contributed by atoms with Crippen molar-refractivity contribution >= 4 is 74.5 Å². The minimum Gasteiger partial charge on any atom is -0.325 e. The maximum atomic E-state index is 13.4. The number of carbonyl (C=O) groups excluding carboxylic acids is 3. The molecule has 3 amide bonds. The first-order valence-electron chi connectivity index (χ1n) is 13.9. The molecular formula is C36H27BrClN3O3S. The van der Waals surface area contributed by atoms with Crippen LogP contribution in [0.3, 0.4) is 0 Å². The molecule has 1 unspecified atom stereocenters. The molecule has 0 fully saturated rings. The third kappa shape index (κ3) is 8.95. The topological polar surface area (TPSA) is 87.3 Å². The number of rotatable bonds is 10. The molecule has 0 aliphatic heterocycles. The van der Waals surface area contributed by atoms with Crippen molar-refractivity contribution in [2.45, 2.75) is 10.1 Å². The van der Waals surface area contributed by atoms with Gasteiger partial charge in [-0.05, 0) is 83.9 Å². The second kappa shape index (κ2) is 15.4. The van der Waals surface area contributed by atoms with Gasteiger partial charge in [0.2, 0.25) is 5.91 Å². The minimum atomic E-state index is -0.520. The van der Waals surface area contributed by atoms with Crippen LogP contribution < -0.4 is 16.0 Å². The van der Waals surface area contributed by atoms with Crippen molar-refractivity contribution in [3.63, 3.8) is 0 Å². The number of thioether (sulfide) groups is 1. The molecule has 0 bridgehead atoms. The minimum absolute atomic E-state index is 0.0316. The number of benzene rings is 5. The second-order valence-corrected chi connectivity index (χ2v) is 12.3. The molecule has 1 atom stereocenters. The predicted octanol–water partition coefficient (Wildman–Crippen LogP) is 8.98. The van der Waals surface area contributed by atoms with Crippen molar-refractivity contribution in [2.75, 3.05) is 10.6 Å². The van der Waals surface area contributed by atoms with E-state index >= 15 is 0 Å². The predicted molar refractivity (Wildman–Crippen MR) is 186 cm³/mol. The lowest BCUT2D eigenvalue weighted by atomic mass is 10.1. The lowest BCUT2D eigenvalue weighted by Gasteiger charge is -2.17. The highest BCUT2D eigenvalue weighted by atomic mass is 79.9. The van der Waals surface area contributed by atoms with Gasteiger partial charge in [-0.25, -0.2) is 0 Å². The zero-order chi connectivity index (χ0) is 31.6. The Morgan fingerprint density at radius 3 is 1.93 bits per heavy atom. The van der Waals surface area contributed by atoms with Gasteiger partial charge in [0, 0.05) is 31.3 Å². The molecule has 3 N–H and O–H groups in total. The standard InChI is InChI=1S/C36H27BrClN3O3S/c37-27-15-17-28(18-16-27)40-36(44)33(24-9-3-1-4-10-24)45-30-21-19-29(20-22-30)39-35(43)32(23-26-13-7-8-14-31(26)38)41-34(42)25-11-5-2-6-12-25/h1-23,33H,(H,39,43)(H,40,44)(H,41,42)/b32-23-. The monoisotopic (exact) mass is 695 g/mol. The Bertz CT molecular complexity index is 1820. The van der Waals surface area contributed by atoms with E-state index < -0.39 is 17.1 Å². The Morgan fingerprint density at radius 2 is 1.27 bits per heavy atom. The summed E-state index contributed by atoms with van der Waals surface area (Å²) in [4.78, 5) is 40.6. The Hall–Kier alpha value is -4.63. The summed E-state index contributed by atoms with van der Waals surface area (Å²) in [5.41, 5.74) is 3.09. The average Bonchev–Trinajstić information content (AvgIpc) is 3.06. The van der Waals surface area contributed by atoms with Gasteiger partial charge < -0.3 is 16.0 Å². The fraction of sp³-hybridized carbons (Fsp3) is 0.0278. The highest BCUT2D eigenvalue weighted by Crippen LogP contribution is 2.37. The van der Waals surface area contributed by atoms with E-state index in [1.807, 2.05) is 72.8 Å². The van der Waals surface area contributed by atoms with E-state index in [0.29, 0.717) is 27.5 Å². The van der Waals surface area contributed by atoms with E-state index in [4.69, 9.17) is 11.6 Å². The van der Waals surface area contributed by atoms with Crippen molar-refractivity contribution in [3.05, 3.63) is 165 Å². The third-order valence-electron chi connectivity index (χ3n) is 6.55. The fourth-order valence-corrected chi connectivity index (χ4v) is 5.76. The van der Waals surface area contributed by atoms with Crippen molar-refractivity contribution < 1.29 is 14.4 Å². The summed E-state index contributed by atoms with van der Waals surface area (Å²) in [5.74, 6) is -1.10. The molecule has 45 heavy (non-hydrogen) atoms. The molecule has 5 rings (SSSR count). The highest BCUT2D eigenvalue weighted by Gasteiger charge is 2.22. The van der Waals surface area contributed by atoms with Gasteiger partial charge in [-0.15, -0.1) is 11.8 Å². The number of anilines is 2. The molecule has 6 nitrogen and oxygen atoms in total. The van der Waals surface area contributed by atoms with Gasteiger partial charge in [0.15, 0.2) is 0 Å². The summed E-state index contributed by atoms with van der Waals surface area (Å²) in [6.45, 7) is 0. The SMILES string of the molecule is O=C(Nc1ccc(SC(C(=O)Nc2ccc(Br)cc2)c2ccccc2)cc1)/C(=C/c1ccccc1Cl)NC(=O)c1ccccc1. The van der Waals surface area contributed by atoms with Gasteiger partial charge in [-0.2, -0.15) is 0 Å². The number of hydrogen-bond donors (Lipinski definition) is 3. The van der Waals surface area contributed by atoms with E-state index in [1.54, 1.807) is 60.7 Å². The summed E-state index contributed by atoms with van der Waals surface area (Å²) in [6, 6.07) is 39.8. The summed E-state index contributed by atoms with van der Waals surface area (Å²) < 4.78 is 0.923. The molecule has 224 valence electrons. The van der Waals surface area contributed by atoms with Crippen molar-refractivity contribution in [1.82, 2.24) is 5.32 Å². The third-order valence-corrected chi connectivity index (χ3v) is 8.69. The van der Waals surface area contributed by atoms with Crippen molar-refractivity contribution in [2.24, 2.45) is 0 Å². The Labute approximate surface area is 279 Å². The van der Waals surface area contributed by atoms with Gasteiger partial charge in [-0.1, -0.05) is 94.3 Å². The second-order valence-electron chi connectivity index (χ2n) is 9.78. The highest BCUT2D eigenvalue weighted by molar-refractivity contribution is 9.10. The molecular weight excluding hydrogens is 670 g/mol. The van der Waals surface area contributed by atoms with Gasteiger partial charge in [0.25, 0.3) is 11.8 Å². The number of amides is 3. The van der Waals surface area contributed by atoms with E-state index in [0.717, 1.165) is 14.9 Å². The molecule has 0 aliphatic carbocycles. The van der Waals surface area contributed by atoms with Crippen LogP contribution in [0.5, 0.6) is 0 Å². The molecule has 5 aromatic carbocycles. The molecule has 0 saturated heterocycles. The van der Waals surface area contributed by atoms with Crippen LogP contribution in [0.2, 0.25) is 5.02 Å². The van der Waals surface area contributed by atoms with Crippen LogP contribution in [0.15, 0.2) is 149 Å². The summed E-state index contributed by atoms with van der Waals surface area (Å²) in [6.07, 6.45) is 1.54. The number of carbonyl (C=O) groups is 3. The van der Waals surface area contributed by atoms with E-state index in [1.165, 1.54) is 17.8 Å². The van der Waals surface area contributed by atoms with Crippen LogP contribution in [0, 0.1) is 0 Å². The molecule has 9 heteroatoms. The Balaban J connectivity index is 1.33. The van der Waals surface area contributed by atoms with Crippen LogP contribution in [-0.2, 0) is 9.59 Å². The van der Waals surface area contributed by atoms with Crippen LogP contribution >= 0.6 is 39.3 Å². The van der Waals surface area contributed by atoms with E-state index in [-0.39, 0.29) is 11.6 Å². The van der Waals surface area contributed by atoms with Crippen molar-refractivity contribution in [1.29, 1.82) is 0 Å². The number of hydrogen-bond acceptors (Lipinski definition) is 4. The van der Waals surface area contributed by atoms with Gasteiger partial charge >= 0.3 is 0 Å². The molecule has 5 aromatic rings. The summed E-state index contributed by atoms with van der Waals surface area (Å²) >= 11 is 11.2. The van der Waals surface area contributed by atoms with Gasteiger partial charge in [-0.3, -0.25) is 14.4 Å². The maximum absolute atomic E-state index is 13.4. The smallest absolute Gasteiger partial charge is 0.272 e. The first-order valence-corrected chi connectivity index (χ1v) is 15.9. The lowest BCUT2D eigenvalue weighted by molar-refractivity contribution is -0.116. The van der Waals surface area contributed by atoms with Gasteiger partial charge in [0.05, 0.1) is 0 Å². The lowest BCUT2D eigenvalue weighted by Crippen LogP contribution is -2.30. The van der Waals surface area contributed by atoms with Crippen LogP contribution in [0.1, 0.15) is 26.7 Å². The van der Waals surface area contributed by atoms with Gasteiger partial charge in [0.1, 0.15) is 10.9 Å². The van der Waals surface area contributed by atoms with E-state index in [2.05, 4.69) is 31.9 Å².